The molecule has 1 aliphatic carbocycles. The second kappa shape index (κ2) is 4.92. The van der Waals surface area contributed by atoms with Crippen LogP contribution in [0.5, 0.6) is 0 Å². The Balaban J connectivity index is 2.18. The van der Waals surface area contributed by atoms with Gasteiger partial charge in [-0.3, -0.25) is 0 Å². The zero-order chi connectivity index (χ0) is 13.1. The maximum absolute atomic E-state index is 8.56. The van der Waals surface area contributed by atoms with Gasteiger partial charge in [-0.15, -0.1) is 0 Å². The zero-order valence-corrected chi connectivity index (χ0v) is 10.3. The lowest BCUT2D eigenvalue weighted by molar-refractivity contribution is 0.902. The van der Waals surface area contributed by atoms with Crippen LogP contribution in [-0.4, -0.2) is 16.2 Å². The summed E-state index contributed by atoms with van der Waals surface area (Å²) in [5.41, 5.74) is 2.59. The van der Waals surface area contributed by atoms with Crippen molar-refractivity contribution in [2.75, 3.05) is 0 Å². The molecule has 1 saturated carbocycles. The van der Waals surface area contributed by atoms with Crippen molar-refractivity contribution in [2.24, 2.45) is 4.99 Å². The molecule has 1 aromatic heterocycles. The molecule has 2 rings (SSSR count). The van der Waals surface area contributed by atoms with Gasteiger partial charge in [0, 0.05) is 29.6 Å². The van der Waals surface area contributed by atoms with E-state index in [1.165, 1.54) is 19.1 Å². The van der Waals surface area contributed by atoms with E-state index in [-0.39, 0.29) is 5.70 Å². The number of hydrogen-bond donors (Lipinski definition) is 0. The van der Waals surface area contributed by atoms with Gasteiger partial charge in [-0.05, 0) is 25.3 Å². The summed E-state index contributed by atoms with van der Waals surface area (Å²) >= 11 is 0. The van der Waals surface area contributed by atoms with E-state index in [2.05, 4.69) is 28.1 Å². The van der Waals surface area contributed by atoms with Crippen LogP contribution >= 0.6 is 0 Å². The fourth-order valence-corrected chi connectivity index (χ4v) is 1.59. The smallest absolute Gasteiger partial charge is 0.133 e. The zero-order valence-electron chi connectivity index (χ0n) is 10.3. The molecule has 4 heteroatoms. The van der Waals surface area contributed by atoms with Gasteiger partial charge >= 0.3 is 0 Å². The standard InChI is InChI=1S/C14H14N4/c1-9(7-16-10(2)6-15)13-8-17-14(12-4-5-12)18-11(13)3/h7-8,12H,1-2,4-5H2,3H3. The molecule has 0 spiro atoms. The summed E-state index contributed by atoms with van der Waals surface area (Å²) < 4.78 is 0. The van der Waals surface area contributed by atoms with Crippen LogP contribution in [0.2, 0.25) is 0 Å². The number of allylic oxidation sites excluding steroid dienone is 2. The van der Waals surface area contributed by atoms with E-state index in [9.17, 15) is 0 Å². The third-order valence-electron chi connectivity index (χ3n) is 2.79. The lowest BCUT2D eigenvalue weighted by atomic mass is 10.1. The van der Waals surface area contributed by atoms with Crippen LogP contribution in [0.15, 0.2) is 30.0 Å². The number of rotatable bonds is 4. The van der Waals surface area contributed by atoms with Crippen LogP contribution in [0.3, 0.4) is 0 Å². The molecule has 0 N–H and O–H groups in total. The first-order valence-electron chi connectivity index (χ1n) is 5.77. The molecule has 0 saturated heterocycles. The maximum Gasteiger partial charge on any atom is 0.133 e. The molecule has 0 unspecified atom stereocenters. The van der Waals surface area contributed by atoms with Crippen molar-refractivity contribution < 1.29 is 0 Å². The largest absolute Gasteiger partial charge is 0.246 e. The van der Waals surface area contributed by atoms with Crippen LogP contribution in [-0.2, 0) is 0 Å². The van der Waals surface area contributed by atoms with E-state index >= 15 is 0 Å². The third kappa shape index (κ3) is 2.69. The minimum absolute atomic E-state index is 0.157. The summed E-state index contributed by atoms with van der Waals surface area (Å²) in [6, 6.07) is 1.85. The highest BCUT2D eigenvalue weighted by Crippen LogP contribution is 2.38. The molecule has 0 radical (unpaired) electrons. The quantitative estimate of drug-likeness (QED) is 0.598. The minimum atomic E-state index is 0.157. The Bertz CT molecular complexity index is 574. The van der Waals surface area contributed by atoms with Gasteiger partial charge in [0.25, 0.3) is 0 Å². The molecule has 1 aliphatic rings. The van der Waals surface area contributed by atoms with Gasteiger partial charge in [0.15, 0.2) is 0 Å². The van der Waals surface area contributed by atoms with Crippen molar-refractivity contribution in [1.82, 2.24) is 9.97 Å². The van der Waals surface area contributed by atoms with Gasteiger partial charge in [0.05, 0.1) is 0 Å². The predicted molar refractivity (Wildman–Crippen MR) is 71.0 cm³/mol. The lowest BCUT2D eigenvalue weighted by Gasteiger charge is -2.05. The molecule has 0 amide bonds. The predicted octanol–water partition coefficient (Wildman–Crippen LogP) is 2.78. The fourth-order valence-electron chi connectivity index (χ4n) is 1.59. The number of aromatic nitrogens is 2. The van der Waals surface area contributed by atoms with Crippen molar-refractivity contribution >= 4 is 11.8 Å². The van der Waals surface area contributed by atoms with Gasteiger partial charge in [-0.25, -0.2) is 15.0 Å². The number of hydrogen-bond acceptors (Lipinski definition) is 4. The summed E-state index contributed by atoms with van der Waals surface area (Å²) in [5.74, 6) is 1.46. The van der Waals surface area contributed by atoms with Crippen LogP contribution in [0.1, 0.15) is 35.8 Å². The maximum atomic E-state index is 8.56. The second-order valence-electron chi connectivity index (χ2n) is 4.34. The molecule has 4 nitrogen and oxygen atoms in total. The molecule has 0 aromatic carbocycles. The van der Waals surface area contributed by atoms with Crippen LogP contribution in [0.4, 0.5) is 0 Å². The van der Waals surface area contributed by atoms with Crippen LogP contribution < -0.4 is 0 Å². The highest BCUT2D eigenvalue weighted by molar-refractivity contribution is 6.09. The number of aryl methyl sites for hydroxylation is 1. The Morgan fingerprint density at radius 3 is 2.83 bits per heavy atom. The number of aliphatic imine (C=N–C) groups is 1. The van der Waals surface area contributed by atoms with Crippen molar-refractivity contribution in [2.45, 2.75) is 25.7 Å². The monoisotopic (exact) mass is 238 g/mol. The first-order chi connectivity index (χ1) is 8.61. The van der Waals surface area contributed by atoms with Crippen molar-refractivity contribution in [1.29, 1.82) is 5.26 Å². The first kappa shape index (κ1) is 12.2. The van der Waals surface area contributed by atoms with E-state index in [4.69, 9.17) is 5.26 Å². The highest BCUT2D eigenvalue weighted by atomic mass is 14.9. The number of nitrogens with zero attached hydrogens (tertiary/aromatic N) is 4. The molecular weight excluding hydrogens is 224 g/mol. The Kier molecular flexibility index (Phi) is 3.33. The topological polar surface area (TPSA) is 61.9 Å². The summed E-state index contributed by atoms with van der Waals surface area (Å²) in [6.45, 7) is 9.31. The van der Waals surface area contributed by atoms with Gasteiger partial charge in [0.2, 0.25) is 0 Å². The van der Waals surface area contributed by atoms with E-state index in [0.29, 0.717) is 11.5 Å². The Hall–Kier alpha value is -2.28. The summed E-state index contributed by atoms with van der Waals surface area (Å²) in [6.07, 6.45) is 5.67. The molecule has 0 aliphatic heterocycles. The first-order valence-corrected chi connectivity index (χ1v) is 5.77. The van der Waals surface area contributed by atoms with Gasteiger partial charge in [-0.1, -0.05) is 13.2 Å². The van der Waals surface area contributed by atoms with Crippen molar-refractivity contribution in [3.8, 4) is 6.07 Å². The minimum Gasteiger partial charge on any atom is -0.246 e. The molecule has 0 bridgehead atoms. The third-order valence-corrected chi connectivity index (χ3v) is 2.79. The lowest BCUT2D eigenvalue weighted by Crippen LogP contribution is -1.99. The molecule has 90 valence electrons. The van der Waals surface area contributed by atoms with Crippen LogP contribution in [0, 0.1) is 18.3 Å². The molecule has 1 aromatic rings. The molecular formula is C14H14N4. The van der Waals surface area contributed by atoms with Crippen molar-refractivity contribution in [3.05, 3.63) is 42.1 Å². The van der Waals surface area contributed by atoms with E-state index in [1.807, 2.05) is 13.0 Å². The molecule has 0 atom stereocenters. The van der Waals surface area contributed by atoms with Gasteiger partial charge < -0.3 is 0 Å². The Morgan fingerprint density at radius 1 is 1.56 bits per heavy atom. The Labute approximate surface area is 106 Å². The van der Waals surface area contributed by atoms with Crippen molar-refractivity contribution in [3.63, 3.8) is 0 Å². The van der Waals surface area contributed by atoms with Gasteiger partial charge in [0.1, 0.15) is 17.6 Å². The SMILES string of the molecule is C=C(C#N)N=CC(=C)c1cnc(C2CC2)nc1C. The van der Waals surface area contributed by atoms with Crippen LogP contribution in [0.25, 0.3) is 5.57 Å². The van der Waals surface area contributed by atoms with E-state index in [1.54, 1.807) is 6.20 Å². The number of nitriles is 1. The Morgan fingerprint density at radius 2 is 2.28 bits per heavy atom. The van der Waals surface area contributed by atoms with E-state index in [0.717, 1.165) is 17.1 Å². The second-order valence-corrected chi connectivity index (χ2v) is 4.34. The van der Waals surface area contributed by atoms with E-state index < -0.39 is 0 Å². The summed E-state index contributed by atoms with van der Waals surface area (Å²) in [4.78, 5) is 12.7. The summed E-state index contributed by atoms with van der Waals surface area (Å²) in [7, 11) is 0. The average molecular weight is 238 g/mol. The fraction of sp³-hybridized carbons (Fsp3) is 0.286. The average Bonchev–Trinajstić information content (AvgIpc) is 3.19. The molecule has 1 heterocycles. The normalized spacial score (nSPS) is 14.4. The highest BCUT2D eigenvalue weighted by Gasteiger charge is 2.26. The molecule has 1 fully saturated rings. The summed E-state index contributed by atoms with van der Waals surface area (Å²) in [5, 5.41) is 8.56. The van der Waals surface area contributed by atoms with Gasteiger partial charge in [-0.2, -0.15) is 5.26 Å². The molecule has 18 heavy (non-hydrogen) atoms.